The third kappa shape index (κ3) is 4.78. The van der Waals surface area contributed by atoms with E-state index < -0.39 is 17.7 Å². The van der Waals surface area contributed by atoms with E-state index in [0.29, 0.717) is 17.9 Å². The first-order valence-electron chi connectivity index (χ1n) is 7.50. The zero-order valence-electron chi connectivity index (χ0n) is 13.3. The number of benzene rings is 2. The predicted molar refractivity (Wildman–Crippen MR) is 88.0 cm³/mol. The van der Waals surface area contributed by atoms with Crippen molar-refractivity contribution in [1.82, 2.24) is 0 Å². The molecular weight excluding hydrogens is 308 g/mol. The molecule has 124 valence electrons. The number of ketones is 2. The number of rotatable bonds is 8. The highest BCUT2D eigenvalue weighted by Crippen LogP contribution is 2.17. The van der Waals surface area contributed by atoms with Crippen molar-refractivity contribution in [2.45, 2.75) is 20.0 Å². The van der Waals surface area contributed by atoms with Crippen LogP contribution in [0.2, 0.25) is 0 Å². The summed E-state index contributed by atoms with van der Waals surface area (Å²) in [5.41, 5.74) is 1.39. The molecule has 0 radical (unpaired) electrons. The molecular formula is C19H18O5. The minimum atomic E-state index is -1.30. The van der Waals surface area contributed by atoms with Gasteiger partial charge in [-0.3, -0.25) is 14.4 Å². The van der Waals surface area contributed by atoms with Gasteiger partial charge in [0.1, 0.15) is 24.1 Å². The van der Waals surface area contributed by atoms with Crippen molar-refractivity contribution < 1.29 is 24.2 Å². The van der Waals surface area contributed by atoms with Gasteiger partial charge in [0.2, 0.25) is 0 Å². The SMILES string of the molecule is CC(=O)C(CC(=O)c1ccc(OCc2ccccc2)cc1)C(=O)O. The second kappa shape index (κ2) is 8.06. The first kappa shape index (κ1) is 17.4. The van der Waals surface area contributed by atoms with E-state index in [2.05, 4.69) is 0 Å². The van der Waals surface area contributed by atoms with Gasteiger partial charge in [-0.1, -0.05) is 30.3 Å². The van der Waals surface area contributed by atoms with Crippen LogP contribution in [0.1, 0.15) is 29.3 Å². The Kier molecular flexibility index (Phi) is 5.84. The van der Waals surface area contributed by atoms with E-state index in [1.807, 2.05) is 30.3 Å². The number of hydrogen-bond acceptors (Lipinski definition) is 4. The zero-order chi connectivity index (χ0) is 17.5. The fourth-order valence-electron chi connectivity index (χ4n) is 2.19. The summed E-state index contributed by atoms with van der Waals surface area (Å²) in [6.07, 6.45) is -0.338. The molecule has 0 aliphatic carbocycles. The summed E-state index contributed by atoms with van der Waals surface area (Å²) in [6.45, 7) is 1.59. The van der Waals surface area contributed by atoms with E-state index in [0.717, 1.165) is 5.56 Å². The molecule has 0 aliphatic rings. The zero-order valence-corrected chi connectivity index (χ0v) is 13.3. The molecule has 5 nitrogen and oxygen atoms in total. The van der Waals surface area contributed by atoms with E-state index >= 15 is 0 Å². The molecule has 5 heteroatoms. The predicted octanol–water partition coefficient (Wildman–Crippen LogP) is 3.13. The van der Waals surface area contributed by atoms with Gasteiger partial charge in [0.25, 0.3) is 0 Å². The summed E-state index contributed by atoms with van der Waals surface area (Å²) in [7, 11) is 0. The summed E-state index contributed by atoms with van der Waals surface area (Å²) in [5.74, 6) is -2.88. The molecule has 0 amide bonds. The smallest absolute Gasteiger partial charge is 0.314 e. The van der Waals surface area contributed by atoms with Gasteiger partial charge in [0, 0.05) is 12.0 Å². The fourth-order valence-corrected chi connectivity index (χ4v) is 2.19. The molecule has 0 aromatic heterocycles. The normalized spacial score (nSPS) is 11.5. The molecule has 24 heavy (non-hydrogen) atoms. The minimum absolute atomic E-state index is 0.338. The Morgan fingerprint density at radius 2 is 1.62 bits per heavy atom. The molecule has 0 aliphatic heterocycles. The van der Waals surface area contributed by atoms with Gasteiger partial charge in [0.15, 0.2) is 5.78 Å². The van der Waals surface area contributed by atoms with Gasteiger partial charge in [-0.25, -0.2) is 0 Å². The Balaban J connectivity index is 1.97. The van der Waals surface area contributed by atoms with Crippen molar-refractivity contribution in [3.8, 4) is 5.75 Å². The highest BCUT2D eigenvalue weighted by Gasteiger charge is 2.26. The molecule has 1 unspecified atom stereocenters. The van der Waals surface area contributed by atoms with Crippen LogP contribution in [0.4, 0.5) is 0 Å². The third-order valence-corrected chi connectivity index (χ3v) is 3.60. The third-order valence-electron chi connectivity index (χ3n) is 3.60. The molecule has 0 fully saturated rings. The summed E-state index contributed by atoms with van der Waals surface area (Å²) in [5, 5.41) is 8.97. The van der Waals surface area contributed by atoms with Crippen LogP contribution in [-0.2, 0) is 16.2 Å². The Morgan fingerprint density at radius 3 is 2.17 bits per heavy atom. The Labute approximate surface area is 139 Å². The van der Waals surface area contributed by atoms with Crippen molar-refractivity contribution in [1.29, 1.82) is 0 Å². The molecule has 2 aromatic rings. The highest BCUT2D eigenvalue weighted by atomic mass is 16.5. The van der Waals surface area contributed by atoms with Crippen molar-refractivity contribution in [2.75, 3.05) is 0 Å². The lowest BCUT2D eigenvalue weighted by Crippen LogP contribution is -2.24. The first-order chi connectivity index (χ1) is 11.5. The molecule has 0 bridgehead atoms. The Bertz CT molecular complexity index is 705. The number of ether oxygens (including phenoxy) is 1. The van der Waals surface area contributed by atoms with Crippen LogP contribution in [0.5, 0.6) is 5.75 Å². The number of carbonyl (C=O) groups is 3. The monoisotopic (exact) mass is 326 g/mol. The van der Waals surface area contributed by atoms with E-state index in [9.17, 15) is 14.4 Å². The van der Waals surface area contributed by atoms with Crippen molar-refractivity contribution in [3.63, 3.8) is 0 Å². The second-order valence-corrected chi connectivity index (χ2v) is 5.43. The summed E-state index contributed by atoms with van der Waals surface area (Å²) >= 11 is 0. The van der Waals surface area contributed by atoms with Crippen LogP contribution < -0.4 is 4.74 Å². The van der Waals surface area contributed by atoms with E-state index in [-0.39, 0.29) is 12.2 Å². The van der Waals surface area contributed by atoms with Crippen LogP contribution in [0, 0.1) is 5.92 Å². The Morgan fingerprint density at radius 1 is 1.00 bits per heavy atom. The van der Waals surface area contributed by atoms with Gasteiger partial charge in [-0.2, -0.15) is 0 Å². The number of Topliss-reactive ketones (excluding diaryl/α,β-unsaturated/α-hetero) is 2. The fraction of sp³-hybridized carbons (Fsp3) is 0.211. The van der Waals surface area contributed by atoms with Crippen LogP contribution in [0.25, 0.3) is 0 Å². The maximum atomic E-state index is 12.1. The number of hydrogen-bond donors (Lipinski definition) is 1. The molecule has 1 N–H and O–H groups in total. The van der Waals surface area contributed by atoms with Gasteiger partial charge in [-0.05, 0) is 36.8 Å². The lowest BCUT2D eigenvalue weighted by molar-refractivity contribution is -0.145. The highest BCUT2D eigenvalue weighted by molar-refractivity contribution is 6.05. The van der Waals surface area contributed by atoms with Crippen LogP contribution in [-0.4, -0.2) is 22.6 Å². The van der Waals surface area contributed by atoms with Gasteiger partial charge >= 0.3 is 5.97 Å². The summed E-state index contributed by atoms with van der Waals surface area (Å²) in [4.78, 5) is 34.4. The van der Waals surface area contributed by atoms with Crippen LogP contribution in [0.15, 0.2) is 54.6 Å². The summed E-state index contributed by atoms with van der Waals surface area (Å²) in [6, 6.07) is 16.1. The van der Waals surface area contributed by atoms with E-state index in [1.165, 1.54) is 6.92 Å². The van der Waals surface area contributed by atoms with E-state index in [4.69, 9.17) is 9.84 Å². The van der Waals surface area contributed by atoms with Crippen molar-refractivity contribution in [3.05, 3.63) is 65.7 Å². The standard InChI is InChI=1S/C19H18O5/c1-13(20)17(19(22)23)11-18(21)15-7-9-16(10-8-15)24-12-14-5-3-2-4-6-14/h2-10,17H,11-12H2,1H3,(H,22,23). The average Bonchev–Trinajstić information content (AvgIpc) is 2.58. The number of carboxylic acids is 1. The van der Waals surface area contributed by atoms with Gasteiger partial charge in [0.05, 0.1) is 0 Å². The average molecular weight is 326 g/mol. The first-order valence-corrected chi connectivity index (χ1v) is 7.50. The quantitative estimate of drug-likeness (QED) is 0.595. The lowest BCUT2D eigenvalue weighted by atomic mass is 9.95. The lowest BCUT2D eigenvalue weighted by Gasteiger charge is -2.09. The van der Waals surface area contributed by atoms with Crippen molar-refractivity contribution >= 4 is 17.5 Å². The molecule has 1 atom stereocenters. The van der Waals surface area contributed by atoms with Gasteiger partial charge in [-0.15, -0.1) is 0 Å². The molecule has 0 saturated heterocycles. The molecule has 0 heterocycles. The molecule has 0 spiro atoms. The largest absolute Gasteiger partial charge is 0.489 e. The molecule has 2 rings (SSSR count). The minimum Gasteiger partial charge on any atom is -0.489 e. The second-order valence-electron chi connectivity index (χ2n) is 5.43. The number of carboxylic acid groups (broad SMARTS) is 1. The maximum Gasteiger partial charge on any atom is 0.314 e. The maximum absolute atomic E-state index is 12.1. The number of aliphatic carboxylic acids is 1. The van der Waals surface area contributed by atoms with Crippen LogP contribution in [0.3, 0.4) is 0 Å². The Hall–Kier alpha value is -2.95. The number of carbonyl (C=O) groups excluding carboxylic acids is 2. The van der Waals surface area contributed by atoms with Gasteiger partial charge < -0.3 is 9.84 Å². The topological polar surface area (TPSA) is 80.7 Å². The van der Waals surface area contributed by atoms with Crippen LogP contribution >= 0.6 is 0 Å². The molecule has 0 saturated carbocycles. The summed E-state index contributed by atoms with van der Waals surface area (Å²) < 4.78 is 5.62. The van der Waals surface area contributed by atoms with E-state index in [1.54, 1.807) is 24.3 Å². The molecule has 2 aromatic carbocycles. The van der Waals surface area contributed by atoms with Crippen molar-refractivity contribution in [2.24, 2.45) is 5.92 Å².